The van der Waals surface area contributed by atoms with Gasteiger partial charge in [-0.3, -0.25) is 4.79 Å². The molecule has 2 heteroatoms. The first-order valence-corrected chi connectivity index (χ1v) is 5.02. The molecule has 0 saturated heterocycles. The fourth-order valence-electron chi connectivity index (χ4n) is 1.60. The van der Waals surface area contributed by atoms with Crippen LogP contribution in [0.4, 0.5) is 4.39 Å². The SMILES string of the molecule is Cc1ccc(F)c(-c2ccc(C=O)cc2)c1. The summed E-state index contributed by atoms with van der Waals surface area (Å²) in [7, 11) is 0. The molecule has 0 spiro atoms. The number of hydrogen-bond acceptors (Lipinski definition) is 1. The van der Waals surface area contributed by atoms with Gasteiger partial charge in [0.25, 0.3) is 0 Å². The molecule has 0 bridgehead atoms. The number of aldehydes is 1. The monoisotopic (exact) mass is 214 g/mol. The lowest BCUT2D eigenvalue weighted by molar-refractivity contribution is 0.112. The number of benzene rings is 2. The Morgan fingerprint density at radius 2 is 1.75 bits per heavy atom. The lowest BCUT2D eigenvalue weighted by Crippen LogP contribution is -1.86. The molecular formula is C14H11FO. The van der Waals surface area contributed by atoms with Gasteiger partial charge in [0.15, 0.2) is 0 Å². The third-order valence-corrected chi connectivity index (χ3v) is 2.48. The molecule has 0 fully saturated rings. The number of carbonyl (C=O) groups excluding carboxylic acids is 1. The Kier molecular flexibility index (Phi) is 2.82. The highest BCUT2D eigenvalue weighted by Crippen LogP contribution is 2.23. The highest BCUT2D eigenvalue weighted by molar-refractivity contribution is 5.77. The van der Waals surface area contributed by atoms with E-state index < -0.39 is 0 Å². The van der Waals surface area contributed by atoms with E-state index in [-0.39, 0.29) is 5.82 Å². The van der Waals surface area contributed by atoms with Crippen molar-refractivity contribution in [2.24, 2.45) is 0 Å². The van der Waals surface area contributed by atoms with Gasteiger partial charge in [-0.15, -0.1) is 0 Å². The Hall–Kier alpha value is -1.96. The number of halogens is 1. The van der Waals surface area contributed by atoms with Crippen molar-refractivity contribution in [2.75, 3.05) is 0 Å². The second-order valence-electron chi connectivity index (χ2n) is 3.72. The summed E-state index contributed by atoms with van der Waals surface area (Å²) in [5, 5.41) is 0. The molecular weight excluding hydrogens is 203 g/mol. The van der Waals surface area contributed by atoms with E-state index >= 15 is 0 Å². The Balaban J connectivity index is 2.49. The zero-order valence-electron chi connectivity index (χ0n) is 8.91. The molecule has 0 radical (unpaired) electrons. The van der Waals surface area contributed by atoms with Crippen molar-refractivity contribution in [2.45, 2.75) is 6.92 Å². The summed E-state index contributed by atoms with van der Waals surface area (Å²) in [4.78, 5) is 10.5. The van der Waals surface area contributed by atoms with E-state index in [1.807, 2.05) is 6.92 Å². The fourth-order valence-corrected chi connectivity index (χ4v) is 1.60. The van der Waals surface area contributed by atoms with E-state index in [9.17, 15) is 9.18 Å². The van der Waals surface area contributed by atoms with Crippen LogP contribution in [0.3, 0.4) is 0 Å². The van der Waals surface area contributed by atoms with Gasteiger partial charge >= 0.3 is 0 Å². The average Bonchev–Trinajstić information content (AvgIpc) is 2.32. The van der Waals surface area contributed by atoms with Crippen LogP contribution in [0.2, 0.25) is 0 Å². The van der Waals surface area contributed by atoms with E-state index in [0.29, 0.717) is 11.1 Å². The van der Waals surface area contributed by atoms with Crippen LogP contribution >= 0.6 is 0 Å². The maximum absolute atomic E-state index is 13.6. The minimum Gasteiger partial charge on any atom is -0.298 e. The van der Waals surface area contributed by atoms with E-state index in [4.69, 9.17) is 0 Å². The summed E-state index contributed by atoms with van der Waals surface area (Å²) >= 11 is 0. The maximum atomic E-state index is 13.6. The van der Waals surface area contributed by atoms with Gasteiger partial charge in [0, 0.05) is 11.1 Å². The quantitative estimate of drug-likeness (QED) is 0.698. The van der Waals surface area contributed by atoms with E-state index in [1.165, 1.54) is 6.07 Å². The molecule has 1 nitrogen and oxygen atoms in total. The second kappa shape index (κ2) is 4.27. The molecule has 0 unspecified atom stereocenters. The summed E-state index contributed by atoms with van der Waals surface area (Å²) in [5.41, 5.74) is 2.96. The first-order chi connectivity index (χ1) is 7.70. The zero-order chi connectivity index (χ0) is 11.5. The summed E-state index contributed by atoms with van der Waals surface area (Å²) in [6.07, 6.45) is 0.774. The number of carbonyl (C=O) groups is 1. The lowest BCUT2D eigenvalue weighted by Gasteiger charge is -2.04. The summed E-state index contributed by atoms with van der Waals surface area (Å²) in [6, 6.07) is 11.9. The number of hydrogen-bond donors (Lipinski definition) is 0. The molecule has 16 heavy (non-hydrogen) atoms. The van der Waals surface area contributed by atoms with E-state index in [0.717, 1.165) is 17.4 Å². The van der Waals surface area contributed by atoms with Crippen LogP contribution in [-0.2, 0) is 0 Å². The molecule has 0 atom stereocenters. The van der Waals surface area contributed by atoms with Gasteiger partial charge in [0.05, 0.1) is 0 Å². The molecule has 0 aliphatic heterocycles. The van der Waals surface area contributed by atoms with Crippen molar-refractivity contribution in [3.63, 3.8) is 0 Å². The highest BCUT2D eigenvalue weighted by Gasteiger charge is 2.04. The molecule has 80 valence electrons. The van der Waals surface area contributed by atoms with Gasteiger partial charge < -0.3 is 0 Å². The van der Waals surface area contributed by atoms with Crippen LogP contribution in [0.1, 0.15) is 15.9 Å². The molecule has 2 aromatic rings. The Labute approximate surface area is 93.5 Å². The smallest absolute Gasteiger partial charge is 0.150 e. The third-order valence-electron chi connectivity index (χ3n) is 2.48. The summed E-state index contributed by atoms with van der Waals surface area (Å²) in [5.74, 6) is -0.246. The molecule has 0 aliphatic rings. The predicted molar refractivity (Wildman–Crippen MR) is 62.0 cm³/mol. The van der Waals surface area contributed by atoms with Crippen molar-refractivity contribution < 1.29 is 9.18 Å². The van der Waals surface area contributed by atoms with Gasteiger partial charge in [-0.1, -0.05) is 35.9 Å². The Bertz CT molecular complexity index is 515. The maximum Gasteiger partial charge on any atom is 0.150 e. The molecule has 2 aromatic carbocycles. The topological polar surface area (TPSA) is 17.1 Å². The van der Waals surface area contributed by atoms with E-state index in [1.54, 1.807) is 36.4 Å². The standard InChI is InChI=1S/C14H11FO/c1-10-2-7-14(15)13(8-10)12-5-3-11(9-16)4-6-12/h2-9H,1H3. The van der Waals surface area contributed by atoms with Crippen molar-refractivity contribution >= 4 is 6.29 Å². The van der Waals surface area contributed by atoms with Crippen LogP contribution in [0.5, 0.6) is 0 Å². The average molecular weight is 214 g/mol. The van der Waals surface area contributed by atoms with Crippen LogP contribution in [0.15, 0.2) is 42.5 Å². The van der Waals surface area contributed by atoms with Gasteiger partial charge in [-0.25, -0.2) is 4.39 Å². The molecule has 0 aliphatic carbocycles. The zero-order valence-corrected chi connectivity index (χ0v) is 8.91. The van der Waals surface area contributed by atoms with Crippen molar-refractivity contribution in [3.8, 4) is 11.1 Å². The first kappa shape index (κ1) is 10.6. The Morgan fingerprint density at radius 3 is 2.38 bits per heavy atom. The molecule has 0 heterocycles. The second-order valence-corrected chi connectivity index (χ2v) is 3.72. The van der Waals surface area contributed by atoms with Crippen LogP contribution < -0.4 is 0 Å². The van der Waals surface area contributed by atoms with Crippen molar-refractivity contribution in [1.82, 2.24) is 0 Å². The largest absolute Gasteiger partial charge is 0.298 e. The fraction of sp³-hybridized carbons (Fsp3) is 0.0714. The summed E-state index contributed by atoms with van der Waals surface area (Å²) < 4.78 is 13.6. The van der Waals surface area contributed by atoms with Gasteiger partial charge in [0.1, 0.15) is 12.1 Å². The molecule has 0 N–H and O–H groups in total. The van der Waals surface area contributed by atoms with Gasteiger partial charge in [0.2, 0.25) is 0 Å². The van der Waals surface area contributed by atoms with Crippen molar-refractivity contribution in [3.05, 3.63) is 59.4 Å². The normalized spacial score (nSPS) is 10.1. The minimum atomic E-state index is -0.246. The minimum absolute atomic E-state index is 0.246. The predicted octanol–water partition coefficient (Wildman–Crippen LogP) is 3.61. The molecule has 2 rings (SSSR count). The third kappa shape index (κ3) is 2.01. The Morgan fingerprint density at radius 1 is 1.06 bits per heavy atom. The van der Waals surface area contributed by atoms with Crippen molar-refractivity contribution in [1.29, 1.82) is 0 Å². The van der Waals surface area contributed by atoms with Gasteiger partial charge in [-0.2, -0.15) is 0 Å². The van der Waals surface area contributed by atoms with E-state index in [2.05, 4.69) is 0 Å². The van der Waals surface area contributed by atoms with Crippen LogP contribution in [-0.4, -0.2) is 6.29 Å². The number of rotatable bonds is 2. The van der Waals surface area contributed by atoms with Crippen LogP contribution in [0.25, 0.3) is 11.1 Å². The van der Waals surface area contributed by atoms with Gasteiger partial charge in [-0.05, 0) is 24.6 Å². The molecule has 0 amide bonds. The number of aryl methyl sites for hydroxylation is 1. The molecule has 0 saturated carbocycles. The lowest BCUT2D eigenvalue weighted by atomic mass is 10.0. The highest BCUT2D eigenvalue weighted by atomic mass is 19.1. The summed E-state index contributed by atoms with van der Waals surface area (Å²) in [6.45, 7) is 1.92. The molecule has 0 aromatic heterocycles. The first-order valence-electron chi connectivity index (χ1n) is 5.02. The van der Waals surface area contributed by atoms with Crippen LogP contribution in [0, 0.1) is 12.7 Å².